The summed E-state index contributed by atoms with van der Waals surface area (Å²) < 4.78 is 12.2. The van der Waals surface area contributed by atoms with Crippen molar-refractivity contribution in [1.82, 2.24) is 4.98 Å². The summed E-state index contributed by atoms with van der Waals surface area (Å²) in [6.07, 6.45) is 0. The molecule has 4 rings (SSSR count). The molecule has 0 fully saturated rings. The molecule has 0 aliphatic rings. The highest BCUT2D eigenvalue weighted by Crippen LogP contribution is 2.31. The van der Waals surface area contributed by atoms with Gasteiger partial charge in [-0.1, -0.05) is 12.1 Å². The number of nitrogens with zero attached hydrogens (tertiary/aromatic N) is 2. The zero-order valence-corrected chi connectivity index (χ0v) is 17.6. The van der Waals surface area contributed by atoms with Crippen LogP contribution >= 0.6 is 11.3 Å². The number of hydrogen-bond donors (Lipinski definition) is 1. The second-order valence-corrected chi connectivity index (χ2v) is 7.64. The predicted octanol–water partition coefficient (Wildman–Crippen LogP) is 5.25. The molecule has 1 aromatic heterocycles. The van der Waals surface area contributed by atoms with E-state index in [1.54, 1.807) is 29.5 Å². The van der Waals surface area contributed by atoms with Gasteiger partial charge >= 0.3 is 0 Å². The molecule has 0 aliphatic heterocycles. The van der Waals surface area contributed by atoms with Gasteiger partial charge in [-0.25, -0.2) is 4.98 Å². The Kier molecular flexibility index (Phi) is 6.11. The van der Waals surface area contributed by atoms with Gasteiger partial charge in [0.15, 0.2) is 18.1 Å². The zero-order valence-electron chi connectivity index (χ0n) is 16.8. The van der Waals surface area contributed by atoms with Gasteiger partial charge < -0.3 is 14.8 Å². The van der Waals surface area contributed by atoms with Crippen molar-refractivity contribution in [2.24, 2.45) is 0 Å². The number of rotatable bonds is 7. The first-order valence-electron chi connectivity index (χ1n) is 9.72. The first-order valence-corrected chi connectivity index (χ1v) is 10.5. The van der Waals surface area contributed by atoms with E-state index in [9.17, 15) is 4.79 Å². The van der Waals surface area contributed by atoms with E-state index in [0.717, 1.165) is 20.8 Å². The van der Waals surface area contributed by atoms with Crippen LogP contribution in [0.25, 0.3) is 20.8 Å². The number of aromatic nitrogens is 1. The predicted molar refractivity (Wildman–Crippen MR) is 122 cm³/mol. The van der Waals surface area contributed by atoms with Crippen LogP contribution in [0.1, 0.15) is 12.5 Å². The number of thiazole rings is 1. The fourth-order valence-corrected chi connectivity index (χ4v) is 3.97. The number of nitrogens with one attached hydrogen (secondary N) is 1. The van der Waals surface area contributed by atoms with Gasteiger partial charge in [0.2, 0.25) is 0 Å². The van der Waals surface area contributed by atoms with Gasteiger partial charge in [0.25, 0.3) is 5.91 Å². The minimum Gasteiger partial charge on any atom is -0.490 e. The molecular formula is C24H19N3O3S. The molecule has 0 atom stereocenters. The average molecular weight is 430 g/mol. The van der Waals surface area contributed by atoms with E-state index in [0.29, 0.717) is 29.4 Å². The Morgan fingerprint density at radius 3 is 2.61 bits per heavy atom. The van der Waals surface area contributed by atoms with E-state index in [1.165, 1.54) is 0 Å². The number of carbonyl (C=O) groups is 1. The summed E-state index contributed by atoms with van der Waals surface area (Å²) in [4.78, 5) is 17.0. The van der Waals surface area contributed by atoms with Crippen LogP contribution in [0.15, 0.2) is 66.7 Å². The molecule has 4 aromatic rings. The Hall–Kier alpha value is -3.89. The van der Waals surface area contributed by atoms with Gasteiger partial charge in [-0.05, 0) is 55.5 Å². The van der Waals surface area contributed by atoms with Crippen LogP contribution in [0, 0.1) is 11.3 Å². The van der Waals surface area contributed by atoms with Crippen molar-refractivity contribution < 1.29 is 14.3 Å². The van der Waals surface area contributed by atoms with E-state index in [1.807, 2.05) is 49.4 Å². The molecule has 6 nitrogen and oxygen atoms in total. The van der Waals surface area contributed by atoms with Crippen LogP contribution in [0.5, 0.6) is 11.5 Å². The van der Waals surface area contributed by atoms with Crippen molar-refractivity contribution in [2.45, 2.75) is 6.92 Å². The third-order valence-electron chi connectivity index (χ3n) is 4.44. The number of benzene rings is 3. The smallest absolute Gasteiger partial charge is 0.262 e. The maximum atomic E-state index is 12.3. The van der Waals surface area contributed by atoms with Crippen LogP contribution in [0.4, 0.5) is 5.69 Å². The van der Waals surface area contributed by atoms with Gasteiger partial charge in [-0.3, -0.25) is 4.79 Å². The summed E-state index contributed by atoms with van der Waals surface area (Å²) in [6.45, 7) is 2.09. The zero-order chi connectivity index (χ0) is 21.6. The van der Waals surface area contributed by atoms with Gasteiger partial charge in [0.1, 0.15) is 5.01 Å². The number of nitriles is 1. The minimum absolute atomic E-state index is 0.175. The van der Waals surface area contributed by atoms with E-state index in [4.69, 9.17) is 14.7 Å². The maximum Gasteiger partial charge on any atom is 0.262 e. The molecule has 1 amide bonds. The lowest BCUT2D eigenvalue weighted by atomic mass is 10.2. The molecule has 3 aromatic carbocycles. The second-order valence-electron chi connectivity index (χ2n) is 6.61. The summed E-state index contributed by atoms with van der Waals surface area (Å²) in [5.41, 5.74) is 3.11. The SMILES string of the molecule is CCOc1cc(C#N)ccc1OCC(=O)Nc1ccc(-c2nc3ccccc3s2)cc1. The summed E-state index contributed by atoms with van der Waals surface area (Å²) in [7, 11) is 0. The minimum atomic E-state index is -0.292. The highest BCUT2D eigenvalue weighted by molar-refractivity contribution is 7.21. The lowest BCUT2D eigenvalue weighted by Crippen LogP contribution is -2.20. The number of ether oxygens (including phenoxy) is 2. The molecule has 0 spiro atoms. The lowest BCUT2D eigenvalue weighted by molar-refractivity contribution is -0.118. The van der Waals surface area contributed by atoms with Crippen LogP contribution < -0.4 is 14.8 Å². The fraction of sp³-hybridized carbons (Fsp3) is 0.125. The molecular weight excluding hydrogens is 410 g/mol. The summed E-state index contributed by atoms with van der Waals surface area (Å²) in [6, 6.07) is 22.5. The Balaban J connectivity index is 1.38. The van der Waals surface area contributed by atoms with Crippen molar-refractivity contribution in [3.05, 3.63) is 72.3 Å². The number of para-hydroxylation sites is 1. The molecule has 0 saturated carbocycles. The number of amides is 1. The topological polar surface area (TPSA) is 84.2 Å². The Bertz CT molecular complexity index is 1230. The molecule has 1 heterocycles. The Morgan fingerprint density at radius 2 is 1.87 bits per heavy atom. The number of hydrogen-bond acceptors (Lipinski definition) is 6. The summed E-state index contributed by atoms with van der Waals surface area (Å²) in [5, 5.41) is 12.8. The molecule has 1 N–H and O–H groups in total. The molecule has 154 valence electrons. The van der Waals surface area contributed by atoms with Crippen molar-refractivity contribution >= 4 is 33.1 Å². The normalized spacial score (nSPS) is 10.5. The quantitative estimate of drug-likeness (QED) is 0.434. The van der Waals surface area contributed by atoms with Crippen molar-refractivity contribution in [1.29, 1.82) is 5.26 Å². The average Bonchev–Trinajstić information content (AvgIpc) is 3.23. The van der Waals surface area contributed by atoms with E-state index in [-0.39, 0.29) is 12.5 Å². The largest absolute Gasteiger partial charge is 0.490 e. The van der Waals surface area contributed by atoms with Crippen molar-refractivity contribution in [2.75, 3.05) is 18.5 Å². The number of anilines is 1. The second kappa shape index (κ2) is 9.28. The van der Waals surface area contributed by atoms with Gasteiger partial charge in [-0.2, -0.15) is 5.26 Å². The van der Waals surface area contributed by atoms with Crippen LogP contribution in [-0.2, 0) is 4.79 Å². The molecule has 0 saturated heterocycles. The fourth-order valence-electron chi connectivity index (χ4n) is 3.00. The molecule has 0 unspecified atom stereocenters. The molecule has 31 heavy (non-hydrogen) atoms. The van der Waals surface area contributed by atoms with Gasteiger partial charge in [0, 0.05) is 17.3 Å². The third kappa shape index (κ3) is 4.82. The van der Waals surface area contributed by atoms with Crippen molar-refractivity contribution in [3.63, 3.8) is 0 Å². The Morgan fingerprint density at radius 1 is 1.06 bits per heavy atom. The maximum absolute atomic E-state index is 12.3. The summed E-state index contributed by atoms with van der Waals surface area (Å²) in [5.74, 6) is 0.566. The van der Waals surface area contributed by atoms with Crippen LogP contribution in [0.2, 0.25) is 0 Å². The lowest BCUT2D eigenvalue weighted by Gasteiger charge is -2.12. The molecule has 0 bridgehead atoms. The standard InChI is InChI=1S/C24H19N3O3S/c1-2-29-21-13-16(14-25)7-12-20(21)30-15-23(28)26-18-10-8-17(9-11-18)24-27-19-5-3-4-6-22(19)31-24/h3-13H,2,15H2,1H3,(H,26,28). The molecule has 7 heteroatoms. The van der Waals surface area contributed by atoms with Gasteiger partial charge in [-0.15, -0.1) is 11.3 Å². The van der Waals surface area contributed by atoms with Gasteiger partial charge in [0.05, 0.1) is 28.5 Å². The summed E-state index contributed by atoms with van der Waals surface area (Å²) >= 11 is 1.63. The van der Waals surface area contributed by atoms with Crippen LogP contribution in [-0.4, -0.2) is 24.1 Å². The van der Waals surface area contributed by atoms with Crippen LogP contribution in [0.3, 0.4) is 0 Å². The van der Waals surface area contributed by atoms with E-state index >= 15 is 0 Å². The van der Waals surface area contributed by atoms with Crippen molar-refractivity contribution in [3.8, 4) is 28.1 Å². The van der Waals surface area contributed by atoms with E-state index in [2.05, 4.69) is 22.4 Å². The first-order chi connectivity index (χ1) is 15.2. The molecule has 0 aliphatic carbocycles. The highest BCUT2D eigenvalue weighted by atomic mass is 32.1. The third-order valence-corrected chi connectivity index (χ3v) is 5.53. The first kappa shape index (κ1) is 20.4. The monoisotopic (exact) mass is 429 g/mol. The van der Waals surface area contributed by atoms with E-state index < -0.39 is 0 Å². The number of carbonyl (C=O) groups excluding carboxylic acids is 1. The Labute approximate surface area is 183 Å². The number of fused-ring (bicyclic) bond motifs is 1. The highest BCUT2D eigenvalue weighted by Gasteiger charge is 2.10. The molecule has 0 radical (unpaired) electrons.